The number of carbonyl (C=O) groups excluding carboxylic acids is 2. The number of aliphatic carboxylic acids is 1. The fraction of sp³-hybridized carbons (Fsp3) is 0.500. The summed E-state index contributed by atoms with van der Waals surface area (Å²) >= 11 is 0. The first kappa shape index (κ1) is 21.6. The van der Waals surface area contributed by atoms with Gasteiger partial charge in [-0.15, -0.1) is 0 Å². The maximum Gasteiger partial charge on any atom is 0.328 e. The summed E-state index contributed by atoms with van der Waals surface area (Å²) in [5.41, 5.74) is 6.70. The highest BCUT2D eigenvalue weighted by Gasteiger charge is 2.29. The first-order valence-corrected chi connectivity index (χ1v) is 8.54. The summed E-state index contributed by atoms with van der Waals surface area (Å²) in [5.74, 6) is -2.60. The number of hydrogen-bond donors (Lipinski definition) is 5. The Morgan fingerprint density at radius 2 is 1.65 bits per heavy atom. The quantitative estimate of drug-likeness (QED) is 0.384. The van der Waals surface area contributed by atoms with Gasteiger partial charge in [0, 0.05) is 6.42 Å². The number of carbonyl (C=O) groups is 3. The summed E-state index contributed by atoms with van der Waals surface area (Å²) in [6, 6.07) is 5.77. The maximum absolute atomic E-state index is 12.5. The van der Waals surface area contributed by atoms with E-state index < -0.39 is 42.5 Å². The van der Waals surface area contributed by atoms with Gasteiger partial charge in [-0.1, -0.05) is 50.6 Å². The van der Waals surface area contributed by atoms with Gasteiger partial charge in [-0.05, 0) is 11.5 Å². The Kier molecular flexibility index (Phi) is 8.74. The number of nitrogens with one attached hydrogen (secondary N) is 2. The molecule has 1 aromatic rings. The zero-order valence-corrected chi connectivity index (χ0v) is 15.0. The van der Waals surface area contributed by atoms with Crippen molar-refractivity contribution in [2.45, 2.75) is 44.8 Å². The van der Waals surface area contributed by atoms with Gasteiger partial charge in [-0.25, -0.2) is 4.79 Å². The lowest BCUT2D eigenvalue weighted by molar-refractivity contribution is -0.143. The predicted octanol–water partition coefficient (Wildman–Crippen LogP) is -0.351. The van der Waals surface area contributed by atoms with Gasteiger partial charge in [-0.3, -0.25) is 9.59 Å². The third kappa shape index (κ3) is 6.45. The summed E-state index contributed by atoms with van der Waals surface area (Å²) in [6.45, 7) is 2.99. The Balaban J connectivity index is 2.92. The van der Waals surface area contributed by atoms with Crippen molar-refractivity contribution >= 4 is 17.8 Å². The highest BCUT2D eigenvalue weighted by molar-refractivity contribution is 5.92. The van der Waals surface area contributed by atoms with Crippen LogP contribution in [0.5, 0.6) is 0 Å². The number of rotatable bonds is 10. The molecule has 0 bridgehead atoms. The zero-order valence-electron chi connectivity index (χ0n) is 15.0. The van der Waals surface area contributed by atoms with Crippen LogP contribution >= 0.6 is 0 Å². The van der Waals surface area contributed by atoms with E-state index in [1.165, 1.54) is 0 Å². The zero-order chi connectivity index (χ0) is 19.7. The predicted molar refractivity (Wildman–Crippen MR) is 96.2 cm³/mol. The van der Waals surface area contributed by atoms with Gasteiger partial charge in [0.05, 0.1) is 12.6 Å². The molecule has 0 aliphatic heterocycles. The third-order valence-electron chi connectivity index (χ3n) is 4.27. The van der Waals surface area contributed by atoms with Gasteiger partial charge in [0.15, 0.2) is 0 Å². The summed E-state index contributed by atoms with van der Waals surface area (Å²) in [7, 11) is 0. The second kappa shape index (κ2) is 10.5. The molecule has 0 aromatic heterocycles. The number of aliphatic hydroxyl groups is 1. The molecule has 8 nitrogen and oxygen atoms in total. The van der Waals surface area contributed by atoms with Gasteiger partial charge < -0.3 is 26.6 Å². The first-order chi connectivity index (χ1) is 12.3. The van der Waals surface area contributed by atoms with Crippen molar-refractivity contribution in [2.75, 3.05) is 6.61 Å². The van der Waals surface area contributed by atoms with Crippen LogP contribution in [0, 0.1) is 5.92 Å². The van der Waals surface area contributed by atoms with Crippen molar-refractivity contribution in [3.63, 3.8) is 0 Å². The molecule has 0 saturated heterocycles. The molecule has 2 amide bonds. The SMILES string of the molecule is CC[C@H](C)[C@H](N)C(=O)N[C@@H](Cc1ccccc1)C(=O)N[C@@H](CO)C(=O)O. The molecule has 6 N–H and O–H groups in total. The van der Waals surface area contributed by atoms with Gasteiger partial charge in [0.25, 0.3) is 0 Å². The van der Waals surface area contributed by atoms with Crippen LogP contribution in [0.25, 0.3) is 0 Å². The average Bonchev–Trinajstić information content (AvgIpc) is 2.64. The normalized spacial score (nSPS) is 15.4. The number of aliphatic hydroxyl groups excluding tert-OH is 1. The third-order valence-corrected chi connectivity index (χ3v) is 4.27. The van der Waals surface area contributed by atoms with Crippen LogP contribution in [-0.2, 0) is 20.8 Å². The Morgan fingerprint density at radius 3 is 2.15 bits per heavy atom. The Labute approximate surface area is 152 Å². The second-order valence-electron chi connectivity index (χ2n) is 6.24. The van der Waals surface area contributed by atoms with Crippen molar-refractivity contribution < 1.29 is 24.6 Å². The van der Waals surface area contributed by atoms with E-state index in [1.807, 2.05) is 19.9 Å². The van der Waals surface area contributed by atoms with E-state index in [1.54, 1.807) is 24.3 Å². The van der Waals surface area contributed by atoms with Crippen molar-refractivity contribution in [2.24, 2.45) is 11.7 Å². The fourth-order valence-electron chi connectivity index (χ4n) is 2.30. The molecule has 1 aromatic carbocycles. The number of carboxylic acids is 1. The van der Waals surface area contributed by atoms with Crippen LogP contribution in [0.4, 0.5) is 0 Å². The molecule has 144 valence electrons. The Bertz CT molecular complexity index is 608. The first-order valence-electron chi connectivity index (χ1n) is 8.54. The van der Waals surface area contributed by atoms with E-state index in [9.17, 15) is 14.4 Å². The molecular weight excluding hydrogens is 338 g/mol. The number of hydrogen-bond acceptors (Lipinski definition) is 5. The monoisotopic (exact) mass is 365 g/mol. The van der Waals surface area contributed by atoms with Gasteiger partial charge >= 0.3 is 5.97 Å². The highest BCUT2D eigenvalue weighted by atomic mass is 16.4. The van der Waals surface area contributed by atoms with Gasteiger partial charge in [0.2, 0.25) is 11.8 Å². The molecule has 0 saturated carbocycles. The van der Waals surface area contributed by atoms with Crippen molar-refractivity contribution in [1.29, 1.82) is 0 Å². The molecule has 0 heterocycles. The minimum atomic E-state index is -1.44. The standard InChI is InChI=1S/C18H27N3O5/c1-3-11(2)15(19)17(24)20-13(9-12-7-5-4-6-8-12)16(23)21-14(10-22)18(25)26/h4-8,11,13-15,22H,3,9-10,19H2,1-2H3,(H,20,24)(H,21,23)(H,25,26)/t11-,13-,14-,15-/m0/s1. The number of carboxylic acid groups (broad SMARTS) is 1. The molecule has 0 spiro atoms. The van der Waals surface area contributed by atoms with Gasteiger partial charge in [-0.2, -0.15) is 0 Å². The second-order valence-corrected chi connectivity index (χ2v) is 6.24. The minimum Gasteiger partial charge on any atom is -0.480 e. The lowest BCUT2D eigenvalue weighted by atomic mass is 9.98. The molecule has 0 aliphatic carbocycles. The Hall–Kier alpha value is -2.45. The molecule has 8 heteroatoms. The molecule has 1 rings (SSSR count). The summed E-state index contributed by atoms with van der Waals surface area (Å²) in [6.07, 6.45) is 0.874. The molecule has 0 fully saturated rings. The van der Waals surface area contributed by atoms with Crippen LogP contribution in [0.3, 0.4) is 0 Å². The van der Waals surface area contributed by atoms with Gasteiger partial charge in [0.1, 0.15) is 12.1 Å². The highest BCUT2D eigenvalue weighted by Crippen LogP contribution is 2.08. The van der Waals surface area contributed by atoms with E-state index in [-0.39, 0.29) is 12.3 Å². The summed E-state index contributed by atoms with van der Waals surface area (Å²) < 4.78 is 0. The maximum atomic E-state index is 12.5. The smallest absolute Gasteiger partial charge is 0.328 e. The lowest BCUT2D eigenvalue weighted by Gasteiger charge is -2.24. The van der Waals surface area contributed by atoms with E-state index >= 15 is 0 Å². The minimum absolute atomic E-state index is 0.0698. The number of nitrogens with two attached hydrogens (primary N) is 1. The number of amides is 2. The van der Waals surface area contributed by atoms with Crippen LogP contribution in [0.1, 0.15) is 25.8 Å². The van der Waals surface area contributed by atoms with Crippen molar-refractivity contribution in [3.8, 4) is 0 Å². The lowest BCUT2D eigenvalue weighted by Crippen LogP contribution is -2.56. The van der Waals surface area contributed by atoms with Crippen molar-refractivity contribution in [1.82, 2.24) is 10.6 Å². The van der Waals surface area contributed by atoms with Crippen molar-refractivity contribution in [3.05, 3.63) is 35.9 Å². The molecule has 0 unspecified atom stereocenters. The summed E-state index contributed by atoms with van der Waals surface area (Å²) in [4.78, 5) is 35.9. The average molecular weight is 365 g/mol. The van der Waals surface area contributed by atoms with Crippen LogP contribution in [0.15, 0.2) is 30.3 Å². The van der Waals surface area contributed by atoms with Crippen LogP contribution in [0.2, 0.25) is 0 Å². The largest absolute Gasteiger partial charge is 0.480 e. The molecular formula is C18H27N3O5. The molecule has 4 atom stereocenters. The fourth-order valence-corrected chi connectivity index (χ4v) is 2.30. The van der Waals surface area contributed by atoms with E-state index in [4.69, 9.17) is 15.9 Å². The van der Waals surface area contributed by atoms with E-state index in [2.05, 4.69) is 10.6 Å². The Morgan fingerprint density at radius 1 is 1.08 bits per heavy atom. The molecule has 0 aliphatic rings. The topological polar surface area (TPSA) is 142 Å². The molecule has 0 radical (unpaired) electrons. The number of benzene rings is 1. The van der Waals surface area contributed by atoms with E-state index in [0.717, 1.165) is 5.56 Å². The van der Waals surface area contributed by atoms with Crippen LogP contribution in [-0.4, -0.2) is 52.7 Å². The molecule has 26 heavy (non-hydrogen) atoms. The van der Waals surface area contributed by atoms with E-state index in [0.29, 0.717) is 6.42 Å². The van der Waals surface area contributed by atoms with Crippen LogP contribution < -0.4 is 16.4 Å². The summed E-state index contributed by atoms with van der Waals surface area (Å²) in [5, 5.41) is 22.9.